The zero-order valence-corrected chi connectivity index (χ0v) is 20.8. The number of fused-ring (bicyclic) bond motifs is 1. The molecule has 1 aromatic heterocycles. The van der Waals surface area contributed by atoms with Crippen LogP contribution in [0.15, 0.2) is 36.4 Å². The fraction of sp³-hybridized carbons (Fsp3) is 0.462. The first kappa shape index (κ1) is 24.5. The number of carbonyl (C=O) groups is 3. The second kappa shape index (κ2) is 9.56. The van der Waals surface area contributed by atoms with Gasteiger partial charge in [-0.25, -0.2) is 9.78 Å². The van der Waals surface area contributed by atoms with E-state index in [1.54, 1.807) is 18.1 Å². The number of hydrogen-bond donors (Lipinski definition) is 2. The third kappa shape index (κ3) is 5.72. The van der Waals surface area contributed by atoms with Gasteiger partial charge in [-0.3, -0.25) is 9.59 Å². The van der Waals surface area contributed by atoms with Gasteiger partial charge in [0.15, 0.2) is 0 Å². The molecule has 2 aliphatic rings. The summed E-state index contributed by atoms with van der Waals surface area (Å²) in [6.45, 7) is 6.65. The summed E-state index contributed by atoms with van der Waals surface area (Å²) >= 11 is 0. The number of nitrogens with zero attached hydrogens (tertiary/aromatic N) is 2. The molecule has 9 nitrogen and oxygen atoms in total. The molecule has 1 aliphatic carbocycles. The van der Waals surface area contributed by atoms with Crippen LogP contribution in [0.4, 0.5) is 4.79 Å². The van der Waals surface area contributed by atoms with E-state index in [2.05, 4.69) is 15.6 Å². The number of pyridine rings is 1. The monoisotopic (exact) mass is 480 g/mol. The summed E-state index contributed by atoms with van der Waals surface area (Å²) in [6.07, 6.45) is 0.128. The summed E-state index contributed by atoms with van der Waals surface area (Å²) in [5, 5.41) is 5.65. The van der Waals surface area contributed by atoms with Crippen molar-refractivity contribution < 1.29 is 23.9 Å². The zero-order chi connectivity index (χ0) is 25.3. The highest BCUT2D eigenvalue weighted by atomic mass is 16.6. The highest BCUT2D eigenvalue weighted by Crippen LogP contribution is 2.46. The minimum atomic E-state index is -0.538. The van der Waals surface area contributed by atoms with E-state index in [9.17, 15) is 14.4 Å². The van der Waals surface area contributed by atoms with Crippen molar-refractivity contribution >= 4 is 17.9 Å². The molecule has 4 rings (SSSR count). The molecule has 0 spiro atoms. The average Bonchev–Trinajstić information content (AvgIpc) is 3.24. The number of carbonyl (C=O) groups excluding carboxylic acids is 3. The van der Waals surface area contributed by atoms with E-state index in [1.165, 1.54) is 13.1 Å². The lowest BCUT2D eigenvalue weighted by Gasteiger charge is -2.26. The van der Waals surface area contributed by atoms with E-state index in [-0.39, 0.29) is 41.5 Å². The number of piperidine rings is 1. The molecule has 2 heterocycles. The topological polar surface area (TPSA) is 110 Å². The van der Waals surface area contributed by atoms with Gasteiger partial charge in [0.1, 0.15) is 17.0 Å². The molecule has 35 heavy (non-hydrogen) atoms. The second-order valence-corrected chi connectivity index (χ2v) is 10.1. The van der Waals surface area contributed by atoms with Crippen molar-refractivity contribution in [2.75, 3.05) is 27.2 Å². The molecule has 2 N–H and O–H groups in total. The maximum atomic E-state index is 13.1. The number of ether oxygens (including phenoxy) is 2. The van der Waals surface area contributed by atoms with Crippen LogP contribution < -0.4 is 15.4 Å². The summed E-state index contributed by atoms with van der Waals surface area (Å²) in [6, 6.07) is 10.8. The Labute approximate surface area is 205 Å². The maximum Gasteiger partial charge on any atom is 0.410 e. The first-order chi connectivity index (χ1) is 16.6. The molecular weight excluding hydrogens is 448 g/mol. The molecule has 3 atom stereocenters. The Hall–Kier alpha value is -3.62. The minimum Gasteiger partial charge on any atom is -0.497 e. The van der Waals surface area contributed by atoms with Gasteiger partial charge in [0.05, 0.1) is 7.11 Å². The highest BCUT2D eigenvalue weighted by Gasteiger charge is 2.58. The normalized spacial score (nSPS) is 20.6. The van der Waals surface area contributed by atoms with E-state index in [0.29, 0.717) is 30.8 Å². The number of amides is 3. The van der Waals surface area contributed by atoms with Crippen molar-refractivity contribution in [2.45, 2.75) is 38.8 Å². The number of nitrogens with one attached hydrogen (secondary N) is 2. The summed E-state index contributed by atoms with van der Waals surface area (Å²) in [5.74, 6) is 0.532. The standard InChI is InChI=1S/C26H32N4O5/c1-26(2,3)35-25(33)30-13-19-20(14-30)22(19)29-23(31)16-11-17(28-21(12-16)24(32)27-4)9-15-7-6-8-18(10-15)34-5/h6-8,10-12,19-20,22H,9,13-14H2,1-5H3,(H,27,32)(H,29,31)/t19-,20+,22+. The van der Waals surface area contributed by atoms with Crippen LogP contribution in [0.3, 0.4) is 0 Å². The predicted molar refractivity (Wildman–Crippen MR) is 129 cm³/mol. The van der Waals surface area contributed by atoms with E-state index in [1.807, 2.05) is 45.0 Å². The lowest BCUT2D eigenvalue weighted by molar-refractivity contribution is 0.0269. The Morgan fingerprint density at radius 1 is 1.09 bits per heavy atom. The Morgan fingerprint density at radius 3 is 2.43 bits per heavy atom. The highest BCUT2D eigenvalue weighted by molar-refractivity contribution is 5.99. The van der Waals surface area contributed by atoms with Crippen molar-refractivity contribution in [3.05, 3.63) is 58.9 Å². The van der Waals surface area contributed by atoms with Crippen LogP contribution in [-0.4, -0.2) is 66.7 Å². The largest absolute Gasteiger partial charge is 0.497 e. The summed E-state index contributed by atoms with van der Waals surface area (Å²) in [5.41, 5.74) is 1.59. The Balaban J connectivity index is 1.44. The van der Waals surface area contributed by atoms with Crippen LogP contribution >= 0.6 is 0 Å². The quantitative estimate of drug-likeness (QED) is 0.658. The van der Waals surface area contributed by atoms with Crippen LogP contribution in [0.1, 0.15) is 52.9 Å². The average molecular weight is 481 g/mol. The van der Waals surface area contributed by atoms with Crippen LogP contribution in [0.2, 0.25) is 0 Å². The first-order valence-corrected chi connectivity index (χ1v) is 11.7. The molecule has 0 bridgehead atoms. The maximum absolute atomic E-state index is 13.1. The van der Waals surface area contributed by atoms with Crippen LogP contribution in [0, 0.1) is 11.8 Å². The Morgan fingerprint density at radius 2 is 1.80 bits per heavy atom. The smallest absolute Gasteiger partial charge is 0.410 e. The summed E-state index contributed by atoms with van der Waals surface area (Å²) < 4.78 is 10.7. The molecule has 2 fully saturated rings. The number of rotatable bonds is 6. The molecule has 0 unspecified atom stereocenters. The molecule has 9 heteroatoms. The fourth-order valence-corrected chi connectivity index (χ4v) is 4.50. The van der Waals surface area contributed by atoms with Crippen LogP contribution in [-0.2, 0) is 11.2 Å². The van der Waals surface area contributed by atoms with E-state index in [4.69, 9.17) is 9.47 Å². The summed E-state index contributed by atoms with van der Waals surface area (Å²) in [7, 11) is 3.13. The number of benzene rings is 1. The molecule has 1 aliphatic heterocycles. The molecule has 1 saturated heterocycles. The molecule has 3 amide bonds. The molecule has 1 aromatic carbocycles. The van der Waals surface area contributed by atoms with Gasteiger partial charge in [0, 0.05) is 55.7 Å². The third-order valence-electron chi connectivity index (χ3n) is 6.26. The van der Waals surface area contributed by atoms with Crippen molar-refractivity contribution in [2.24, 2.45) is 11.8 Å². The van der Waals surface area contributed by atoms with Gasteiger partial charge in [0.2, 0.25) is 0 Å². The van der Waals surface area contributed by atoms with E-state index < -0.39 is 5.60 Å². The van der Waals surface area contributed by atoms with Crippen molar-refractivity contribution in [1.29, 1.82) is 0 Å². The lowest BCUT2D eigenvalue weighted by Crippen LogP contribution is -2.40. The zero-order valence-electron chi connectivity index (χ0n) is 20.8. The molecular formula is C26H32N4O5. The van der Waals surface area contributed by atoms with Crippen LogP contribution in [0.25, 0.3) is 0 Å². The van der Waals surface area contributed by atoms with Gasteiger partial charge < -0.3 is 25.0 Å². The van der Waals surface area contributed by atoms with E-state index >= 15 is 0 Å². The van der Waals surface area contributed by atoms with Gasteiger partial charge in [0.25, 0.3) is 11.8 Å². The number of likely N-dealkylation sites (tertiary alicyclic amines) is 1. The fourth-order valence-electron chi connectivity index (χ4n) is 4.50. The molecule has 1 saturated carbocycles. The third-order valence-corrected chi connectivity index (χ3v) is 6.26. The minimum absolute atomic E-state index is 0.000335. The Bertz CT molecular complexity index is 1130. The lowest BCUT2D eigenvalue weighted by atomic mass is 10.1. The van der Waals surface area contributed by atoms with E-state index in [0.717, 1.165) is 11.3 Å². The first-order valence-electron chi connectivity index (χ1n) is 11.7. The van der Waals surface area contributed by atoms with Gasteiger partial charge in [-0.15, -0.1) is 0 Å². The molecule has 0 radical (unpaired) electrons. The van der Waals surface area contributed by atoms with Crippen LogP contribution in [0.5, 0.6) is 5.75 Å². The molecule has 186 valence electrons. The SMILES string of the molecule is CNC(=O)c1cc(C(=O)N[C@H]2[C@@H]3CN(C(=O)OC(C)(C)C)C[C@@H]32)cc(Cc2cccc(OC)c2)n1. The van der Waals surface area contributed by atoms with Crippen molar-refractivity contribution in [3.63, 3.8) is 0 Å². The molecule has 2 aromatic rings. The summed E-state index contributed by atoms with van der Waals surface area (Å²) in [4.78, 5) is 43.9. The van der Waals surface area contributed by atoms with Crippen molar-refractivity contribution in [3.8, 4) is 5.75 Å². The number of hydrogen-bond acceptors (Lipinski definition) is 6. The van der Waals surface area contributed by atoms with Gasteiger partial charge in [-0.05, 0) is 50.6 Å². The van der Waals surface area contributed by atoms with Gasteiger partial charge >= 0.3 is 6.09 Å². The number of aromatic nitrogens is 1. The second-order valence-electron chi connectivity index (χ2n) is 10.1. The Kier molecular flexibility index (Phi) is 6.69. The predicted octanol–water partition coefficient (Wildman–Crippen LogP) is 2.64. The van der Waals surface area contributed by atoms with Crippen molar-refractivity contribution in [1.82, 2.24) is 20.5 Å². The number of methoxy groups -OCH3 is 1. The van der Waals surface area contributed by atoms with Gasteiger partial charge in [-0.1, -0.05) is 12.1 Å². The van der Waals surface area contributed by atoms with Gasteiger partial charge in [-0.2, -0.15) is 0 Å².